The highest BCUT2D eigenvalue weighted by Gasteiger charge is 2.22. The topological polar surface area (TPSA) is 69.8 Å². The van der Waals surface area contributed by atoms with Gasteiger partial charge in [0.25, 0.3) is 5.69 Å². The standard InChI is InChI=1S/C12H17N3O3/c1-13-4-6-14(7-5-13)11-3-2-10(9-16)8-12(11)15(17)18/h2-3,8,16H,4-7,9H2,1H3. The van der Waals surface area contributed by atoms with E-state index in [-0.39, 0.29) is 17.2 Å². The molecule has 0 aromatic heterocycles. The van der Waals surface area contributed by atoms with Crippen molar-refractivity contribution in [2.45, 2.75) is 6.61 Å². The third kappa shape index (κ3) is 2.60. The average molecular weight is 251 g/mol. The van der Waals surface area contributed by atoms with Crippen molar-refractivity contribution in [1.82, 2.24) is 4.90 Å². The number of nitro benzene ring substituents is 1. The molecule has 1 aromatic rings. The molecular weight excluding hydrogens is 234 g/mol. The summed E-state index contributed by atoms with van der Waals surface area (Å²) in [7, 11) is 2.04. The van der Waals surface area contributed by atoms with E-state index in [1.807, 2.05) is 11.9 Å². The van der Waals surface area contributed by atoms with E-state index in [9.17, 15) is 10.1 Å². The number of aliphatic hydroxyl groups is 1. The Morgan fingerprint density at radius 3 is 2.56 bits per heavy atom. The zero-order valence-corrected chi connectivity index (χ0v) is 10.4. The monoisotopic (exact) mass is 251 g/mol. The molecule has 0 aliphatic carbocycles. The van der Waals surface area contributed by atoms with Gasteiger partial charge < -0.3 is 14.9 Å². The summed E-state index contributed by atoms with van der Waals surface area (Å²) in [6.07, 6.45) is 0. The van der Waals surface area contributed by atoms with Gasteiger partial charge in [-0.05, 0) is 18.7 Å². The van der Waals surface area contributed by atoms with Crippen molar-refractivity contribution in [3.8, 4) is 0 Å². The van der Waals surface area contributed by atoms with Crippen LogP contribution in [-0.2, 0) is 6.61 Å². The number of rotatable bonds is 3. The number of hydrogen-bond acceptors (Lipinski definition) is 5. The molecule has 0 amide bonds. The van der Waals surface area contributed by atoms with Gasteiger partial charge in [-0.3, -0.25) is 10.1 Å². The molecule has 0 saturated carbocycles. The molecule has 0 spiro atoms. The maximum Gasteiger partial charge on any atom is 0.292 e. The molecule has 0 atom stereocenters. The number of piperazine rings is 1. The summed E-state index contributed by atoms with van der Waals surface area (Å²) < 4.78 is 0. The van der Waals surface area contributed by atoms with Crippen LogP contribution in [0.1, 0.15) is 5.56 Å². The predicted molar refractivity (Wildman–Crippen MR) is 68.7 cm³/mol. The summed E-state index contributed by atoms with van der Waals surface area (Å²) in [5, 5.41) is 20.1. The Kier molecular flexibility index (Phi) is 3.78. The van der Waals surface area contributed by atoms with Gasteiger partial charge in [-0.25, -0.2) is 0 Å². The van der Waals surface area contributed by atoms with E-state index >= 15 is 0 Å². The van der Waals surface area contributed by atoms with Crippen molar-refractivity contribution in [3.63, 3.8) is 0 Å². The highest BCUT2D eigenvalue weighted by Crippen LogP contribution is 2.29. The van der Waals surface area contributed by atoms with Gasteiger partial charge in [-0.15, -0.1) is 0 Å². The quantitative estimate of drug-likeness (QED) is 0.636. The summed E-state index contributed by atoms with van der Waals surface area (Å²) in [6, 6.07) is 4.92. The second kappa shape index (κ2) is 5.32. The van der Waals surface area contributed by atoms with Crippen LogP contribution in [0, 0.1) is 10.1 Å². The summed E-state index contributed by atoms with van der Waals surface area (Å²) in [4.78, 5) is 14.9. The van der Waals surface area contributed by atoms with E-state index in [0.717, 1.165) is 26.2 Å². The molecule has 1 saturated heterocycles. The molecule has 1 aliphatic heterocycles. The normalized spacial score (nSPS) is 16.9. The number of benzene rings is 1. The zero-order valence-electron chi connectivity index (χ0n) is 10.4. The maximum atomic E-state index is 11.1. The van der Waals surface area contributed by atoms with Crippen LogP contribution in [0.5, 0.6) is 0 Å². The molecule has 0 unspecified atom stereocenters. The second-order valence-electron chi connectivity index (χ2n) is 4.53. The van der Waals surface area contributed by atoms with Gasteiger partial charge >= 0.3 is 0 Å². The Morgan fingerprint density at radius 1 is 1.33 bits per heavy atom. The molecule has 0 radical (unpaired) electrons. The zero-order chi connectivity index (χ0) is 13.1. The molecule has 2 rings (SSSR count). The van der Waals surface area contributed by atoms with E-state index in [0.29, 0.717) is 11.3 Å². The van der Waals surface area contributed by atoms with Gasteiger partial charge in [0, 0.05) is 32.2 Å². The van der Waals surface area contributed by atoms with Gasteiger partial charge in [-0.1, -0.05) is 6.07 Å². The number of hydrogen-bond donors (Lipinski definition) is 1. The van der Waals surface area contributed by atoms with Gasteiger partial charge in [0.15, 0.2) is 0 Å². The minimum Gasteiger partial charge on any atom is -0.392 e. The smallest absolute Gasteiger partial charge is 0.292 e. The molecule has 1 N–H and O–H groups in total. The van der Waals surface area contributed by atoms with Crippen LogP contribution in [0.3, 0.4) is 0 Å². The van der Waals surface area contributed by atoms with Crippen LogP contribution in [0.2, 0.25) is 0 Å². The maximum absolute atomic E-state index is 11.1. The van der Waals surface area contributed by atoms with Crippen LogP contribution >= 0.6 is 0 Å². The highest BCUT2D eigenvalue weighted by atomic mass is 16.6. The molecule has 6 nitrogen and oxygen atoms in total. The second-order valence-corrected chi connectivity index (χ2v) is 4.53. The molecule has 1 aliphatic rings. The largest absolute Gasteiger partial charge is 0.392 e. The van der Waals surface area contributed by atoms with Gasteiger partial charge in [-0.2, -0.15) is 0 Å². The highest BCUT2D eigenvalue weighted by molar-refractivity contribution is 5.64. The minimum atomic E-state index is -0.382. The van der Waals surface area contributed by atoms with Crippen LogP contribution in [-0.4, -0.2) is 48.2 Å². The third-order valence-electron chi connectivity index (χ3n) is 3.26. The fraction of sp³-hybridized carbons (Fsp3) is 0.500. The lowest BCUT2D eigenvalue weighted by molar-refractivity contribution is -0.384. The van der Waals surface area contributed by atoms with Gasteiger partial charge in [0.05, 0.1) is 11.5 Å². The molecule has 6 heteroatoms. The Hall–Kier alpha value is -1.66. The lowest BCUT2D eigenvalue weighted by Gasteiger charge is -2.33. The molecule has 18 heavy (non-hydrogen) atoms. The number of likely N-dealkylation sites (N-methyl/N-ethyl adjacent to an activating group) is 1. The fourth-order valence-electron chi connectivity index (χ4n) is 2.13. The first-order valence-corrected chi connectivity index (χ1v) is 5.93. The number of nitrogens with zero attached hydrogens (tertiary/aromatic N) is 3. The van der Waals surface area contributed by atoms with Gasteiger partial charge in [0.1, 0.15) is 5.69 Å². The lowest BCUT2D eigenvalue weighted by atomic mass is 10.1. The predicted octanol–water partition coefficient (Wildman–Crippen LogP) is 0.839. The van der Waals surface area contributed by atoms with E-state index in [1.54, 1.807) is 12.1 Å². The Balaban J connectivity index is 2.29. The van der Waals surface area contributed by atoms with Crippen molar-refractivity contribution in [1.29, 1.82) is 0 Å². The number of nitro groups is 1. The van der Waals surface area contributed by atoms with E-state index < -0.39 is 0 Å². The summed E-state index contributed by atoms with van der Waals surface area (Å²) >= 11 is 0. The van der Waals surface area contributed by atoms with E-state index in [2.05, 4.69) is 4.90 Å². The SMILES string of the molecule is CN1CCN(c2ccc(CO)cc2[N+](=O)[O-])CC1. The van der Waals surface area contributed by atoms with Crippen molar-refractivity contribution < 1.29 is 10.0 Å². The molecule has 1 fully saturated rings. The molecule has 98 valence electrons. The van der Waals surface area contributed by atoms with Crippen molar-refractivity contribution in [3.05, 3.63) is 33.9 Å². The third-order valence-corrected chi connectivity index (χ3v) is 3.26. The van der Waals surface area contributed by atoms with E-state index in [1.165, 1.54) is 6.07 Å². The van der Waals surface area contributed by atoms with Crippen molar-refractivity contribution >= 4 is 11.4 Å². The Morgan fingerprint density at radius 2 is 2.00 bits per heavy atom. The summed E-state index contributed by atoms with van der Waals surface area (Å²) in [6.45, 7) is 3.20. The molecular formula is C12H17N3O3. The van der Waals surface area contributed by atoms with Crippen molar-refractivity contribution in [2.24, 2.45) is 0 Å². The molecule has 1 heterocycles. The van der Waals surface area contributed by atoms with Crippen molar-refractivity contribution in [2.75, 3.05) is 38.1 Å². The first kappa shape index (κ1) is 12.8. The van der Waals surface area contributed by atoms with Crippen LogP contribution in [0.15, 0.2) is 18.2 Å². The first-order chi connectivity index (χ1) is 8.61. The van der Waals surface area contributed by atoms with Crippen LogP contribution < -0.4 is 4.90 Å². The fourth-order valence-corrected chi connectivity index (χ4v) is 2.13. The lowest BCUT2D eigenvalue weighted by Crippen LogP contribution is -2.44. The van der Waals surface area contributed by atoms with Gasteiger partial charge in [0.2, 0.25) is 0 Å². The molecule has 1 aromatic carbocycles. The van der Waals surface area contributed by atoms with Crippen LogP contribution in [0.25, 0.3) is 0 Å². The first-order valence-electron chi connectivity index (χ1n) is 5.93. The Bertz CT molecular complexity index is 442. The Labute approximate surface area is 106 Å². The number of anilines is 1. The summed E-state index contributed by atoms with van der Waals surface area (Å²) in [5.41, 5.74) is 1.29. The molecule has 0 bridgehead atoms. The summed E-state index contributed by atoms with van der Waals surface area (Å²) in [5.74, 6) is 0. The van der Waals surface area contributed by atoms with E-state index in [4.69, 9.17) is 5.11 Å². The van der Waals surface area contributed by atoms with Crippen LogP contribution in [0.4, 0.5) is 11.4 Å². The number of aliphatic hydroxyl groups excluding tert-OH is 1. The minimum absolute atomic E-state index is 0.0751. The average Bonchev–Trinajstić information content (AvgIpc) is 2.39.